The van der Waals surface area contributed by atoms with Crippen LogP contribution in [0.4, 0.5) is 11.6 Å². The molecule has 1 aromatic heterocycles. The van der Waals surface area contributed by atoms with Gasteiger partial charge in [0.15, 0.2) is 6.10 Å². The number of anilines is 2. The summed E-state index contributed by atoms with van der Waals surface area (Å²) in [4.78, 5) is 34.4. The highest BCUT2D eigenvalue weighted by Gasteiger charge is 2.32. The molecule has 1 aromatic carbocycles. The van der Waals surface area contributed by atoms with E-state index in [1.807, 2.05) is 26.0 Å². The Bertz CT molecular complexity index is 803. The molecule has 0 spiro atoms. The van der Waals surface area contributed by atoms with E-state index in [0.717, 1.165) is 11.4 Å². The molecule has 2 heterocycles. The summed E-state index contributed by atoms with van der Waals surface area (Å²) in [5, 5.41) is 0. The summed E-state index contributed by atoms with van der Waals surface area (Å²) in [6.45, 7) is 5.20. The van der Waals surface area contributed by atoms with Gasteiger partial charge in [-0.2, -0.15) is 0 Å². The maximum atomic E-state index is 12.4. The Labute approximate surface area is 145 Å². The van der Waals surface area contributed by atoms with Crippen molar-refractivity contribution in [1.29, 1.82) is 0 Å². The van der Waals surface area contributed by atoms with Gasteiger partial charge in [-0.15, -0.1) is 0 Å². The molecule has 0 bridgehead atoms. The van der Waals surface area contributed by atoms with Crippen LogP contribution >= 0.6 is 0 Å². The third-order valence-electron chi connectivity index (χ3n) is 3.67. The monoisotopic (exact) mass is 341 g/mol. The molecule has 1 unspecified atom stereocenters. The summed E-state index contributed by atoms with van der Waals surface area (Å²) < 4.78 is 5.55. The third kappa shape index (κ3) is 3.68. The van der Waals surface area contributed by atoms with Crippen molar-refractivity contribution in [3.63, 3.8) is 0 Å². The summed E-state index contributed by atoms with van der Waals surface area (Å²) in [6.07, 6.45) is -0.640. The number of hydrazine groups is 1. The Kier molecular flexibility index (Phi) is 4.51. The first-order valence-electron chi connectivity index (χ1n) is 7.88. The molecule has 0 fully saturated rings. The number of fused-ring (bicyclic) bond motifs is 1. The number of carbonyl (C=O) groups is 2. The predicted octanol–water partition coefficient (Wildman–Crippen LogP) is 1.35. The second kappa shape index (κ2) is 6.76. The van der Waals surface area contributed by atoms with E-state index in [-0.39, 0.29) is 18.4 Å². The Balaban J connectivity index is 1.69. The lowest BCUT2D eigenvalue weighted by molar-refractivity contribution is -0.128. The van der Waals surface area contributed by atoms with Crippen molar-refractivity contribution in [1.82, 2.24) is 15.4 Å². The van der Waals surface area contributed by atoms with Crippen molar-refractivity contribution in [2.24, 2.45) is 0 Å². The van der Waals surface area contributed by atoms with Crippen LogP contribution in [0.2, 0.25) is 0 Å². The van der Waals surface area contributed by atoms with E-state index in [4.69, 9.17) is 4.74 Å². The van der Waals surface area contributed by atoms with Gasteiger partial charge < -0.3 is 4.74 Å². The van der Waals surface area contributed by atoms with Crippen LogP contribution in [0.25, 0.3) is 0 Å². The van der Waals surface area contributed by atoms with E-state index in [9.17, 15) is 9.59 Å². The van der Waals surface area contributed by atoms with Crippen molar-refractivity contribution in [2.45, 2.75) is 26.9 Å². The summed E-state index contributed by atoms with van der Waals surface area (Å²) in [6, 6.07) is 8.95. The summed E-state index contributed by atoms with van der Waals surface area (Å²) in [5.41, 5.74) is 7.34. The average molecular weight is 341 g/mol. The average Bonchev–Trinajstić information content (AvgIpc) is 2.56. The quantitative estimate of drug-likeness (QED) is 0.815. The fraction of sp³-hybridized carbons (Fsp3) is 0.294. The molecule has 2 N–H and O–H groups in total. The fourth-order valence-electron chi connectivity index (χ4n) is 2.61. The molecule has 1 aliphatic rings. The predicted molar refractivity (Wildman–Crippen MR) is 92.2 cm³/mol. The van der Waals surface area contributed by atoms with Gasteiger partial charge in [-0.1, -0.05) is 12.1 Å². The lowest BCUT2D eigenvalue weighted by Crippen LogP contribution is -2.49. The molecule has 0 aliphatic carbocycles. The number of amides is 2. The van der Waals surface area contributed by atoms with Crippen LogP contribution in [0.1, 0.15) is 18.3 Å². The number of para-hydroxylation sites is 2. The minimum absolute atomic E-state index is 0.138. The lowest BCUT2D eigenvalue weighted by atomic mass is 10.2. The topological polar surface area (TPSA) is 96.5 Å². The zero-order valence-electron chi connectivity index (χ0n) is 14.2. The van der Waals surface area contributed by atoms with Gasteiger partial charge in [-0.05, 0) is 39.0 Å². The number of nitrogens with zero attached hydrogens (tertiary/aromatic N) is 3. The maximum Gasteiger partial charge on any atom is 0.268 e. The smallest absolute Gasteiger partial charge is 0.268 e. The second-order valence-corrected chi connectivity index (χ2v) is 5.80. The Morgan fingerprint density at radius 1 is 1.24 bits per heavy atom. The van der Waals surface area contributed by atoms with E-state index < -0.39 is 6.10 Å². The van der Waals surface area contributed by atoms with Gasteiger partial charge in [-0.25, -0.2) is 9.97 Å². The molecule has 2 aromatic rings. The summed E-state index contributed by atoms with van der Waals surface area (Å²) >= 11 is 0. The van der Waals surface area contributed by atoms with Gasteiger partial charge in [0, 0.05) is 11.4 Å². The van der Waals surface area contributed by atoms with Crippen LogP contribution in [-0.2, 0) is 9.59 Å². The Hall–Kier alpha value is -3.16. The maximum absolute atomic E-state index is 12.4. The van der Waals surface area contributed by atoms with E-state index in [0.29, 0.717) is 17.4 Å². The number of aromatic nitrogens is 2. The van der Waals surface area contributed by atoms with Gasteiger partial charge >= 0.3 is 0 Å². The van der Waals surface area contributed by atoms with Gasteiger partial charge in [-0.3, -0.25) is 25.3 Å². The minimum atomic E-state index is -0.640. The first kappa shape index (κ1) is 16.7. The van der Waals surface area contributed by atoms with Gasteiger partial charge in [0.1, 0.15) is 12.3 Å². The molecular weight excluding hydrogens is 322 g/mol. The van der Waals surface area contributed by atoms with Gasteiger partial charge in [0.05, 0.1) is 5.69 Å². The van der Waals surface area contributed by atoms with Crippen molar-refractivity contribution in [3.8, 4) is 5.75 Å². The van der Waals surface area contributed by atoms with Crippen LogP contribution in [0, 0.1) is 13.8 Å². The SMILES string of the molecule is Cc1cc(C)nc(NNC(=O)CN2C(=O)C(C)Oc3ccccc32)n1. The van der Waals surface area contributed by atoms with Crippen molar-refractivity contribution in [3.05, 3.63) is 41.7 Å². The molecule has 1 aliphatic heterocycles. The van der Waals surface area contributed by atoms with Crippen molar-refractivity contribution >= 4 is 23.5 Å². The normalized spacial score (nSPS) is 16.0. The van der Waals surface area contributed by atoms with E-state index >= 15 is 0 Å². The first-order valence-corrected chi connectivity index (χ1v) is 7.88. The molecular formula is C17H19N5O3. The van der Waals surface area contributed by atoms with E-state index in [1.165, 1.54) is 4.90 Å². The molecule has 25 heavy (non-hydrogen) atoms. The molecule has 2 amide bonds. The summed E-state index contributed by atoms with van der Waals surface area (Å²) in [5.74, 6) is 0.220. The minimum Gasteiger partial charge on any atom is -0.479 e. The highest BCUT2D eigenvalue weighted by Crippen LogP contribution is 2.33. The number of benzene rings is 1. The number of aryl methyl sites for hydroxylation is 2. The first-order chi connectivity index (χ1) is 11.9. The van der Waals surface area contributed by atoms with Crippen molar-refractivity contribution in [2.75, 3.05) is 16.9 Å². The molecule has 0 saturated carbocycles. The molecule has 8 heteroatoms. The number of ether oxygens (including phenoxy) is 1. The Morgan fingerprint density at radius 3 is 2.64 bits per heavy atom. The molecule has 1 atom stereocenters. The van der Waals surface area contributed by atoms with Gasteiger partial charge in [0.25, 0.3) is 11.8 Å². The highest BCUT2D eigenvalue weighted by molar-refractivity contribution is 6.03. The van der Waals surface area contributed by atoms with Crippen LogP contribution in [0.15, 0.2) is 30.3 Å². The third-order valence-corrected chi connectivity index (χ3v) is 3.67. The van der Waals surface area contributed by atoms with Crippen LogP contribution in [-0.4, -0.2) is 34.4 Å². The van der Waals surface area contributed by atoms with Crippen LogP contribution < -0.4 is 20.5 Å². The van der Waals surface area contributed by atoms with Crippen molar-refractivity contribution < 1.29 is 14.3 Å². The van der Waals surface area contributed by atoms with E-state index in [1.54, 1.807) is 25.1 Å². The zero-order valence-corrected chi connectivity index (χ0v) is 14.2. The molecule has 0 radical (unpaired) electrons. The number of rotatable bonds is 4. The van der Waals surface area contributed by atoms with E-state index in [2.05, 4.69) is 20.8 Å². The second-order valence-electron chi connectivity index (χ2n) is 5.80. The van der Waals surface area contributed by atoms with Crippen LogP contribution in [0.5, 0.6) is 5.75 Å². The lowest BCUT2D eigenvalue weighted by Gasteiger charge is -2.32. The largest absolute Gasteiger partial charge is 0.479 e. The van der Waals surface area contributed by atoms with Crippen LogP contribution in [0.3, 0.4) is 0 Å². The summed E-state index contributed by atoms with van der Waals surface area (Å²) in [7, 11) is 0. The molecule has 130 valence electrons. The number of hydrogen-bond donors (Lipinski definition) is 2. The zero-order chi connectivity index (χ0) is 18.0. The standard InChI is InChI=1S/C17H19N5O3/c1-10-8-11(2)19-17(18-10)21-20-15(23)9-22-13-6-4-5-7-14(13)25-12(3)16(22)24/h4-8,12H,9H2,1-3H3,(H,20,23)(H,18,19,21). The highest BCUT2D eigenvalue weighted by atomic mass is 16.5. The molecule has 8 nitrogen and oxygen atoms in total. The molecule has 0 saturated heterocycles. The fourth-order valence-corrected chi connectivity index (χ4v) is 2.61. The number of nitrogens with one attached hydrogen (secondary N) is 2. The molecule has 3 rings (SSSR count). The number of carbonyl (C=O) groups excluding carboxylic acids is 2. The number of hydrogen-bond acceptors (Lipinski definition) is 6. The Morgan fingerprint density at radius 2 is 1.92 bits per heavy atom. The van der Waals surface area contributed by atoms with Gasteiger partial charge in [0.2, 0.25) is 5.95 Å².